The summed E-state index contributed by atoms with van der Waals surface area (Å²) in [6, 6.07) is 10.5. The van der Waals surface area contributed by atoms with E-state index < -0.39 is 0 Å². The maximum atomic E-state index is 11.3. The molecule has 2 N–H and O–H groups in total. The van der Waals surface area contributed by atoms with Gasteiger partial charge in [0.2, 0.25) is 12.8 Å². The summed E-state index contributed by atoms with van der Waals surface area (Å²) in [7, 11) is 10.3. The Kier molecular flexibility index (Phi) is 30.8. The van der Waals surface area contributed by atoms with E-state index in [-0.39, 0.29) is 51.4 Å². The van der Waals surface area contributed by atoms with E-state index in [4.69, 9.17) is 99.1 Å². The molecule has 65 heavy (non-hydrogen) atoms. The zero-order chi connectivity index (χ0) is 47.6. The highest BCUT2D eigenvalue weighted by molar-refractivity contribution is 6.36. The minimum atomic E-state index is -0.258. The molecule has 7 heterocycles. The van der Waals surface area contributed by atoms with Crippen molar-refractivity contribution in [1.82, 2.24) is 40.0 Å². The molecule has 22 heteroatoms. The van der Waals surface area contributed by atoms with Crippen LogP contribution >= 0.6 is 82.0 Å². The summed E-state index contributed by atoms with van der Waals surface area (Å²) in [6.07, 6.45) is 12.8. The molecule has 3 aliphatic rings. The SMILES string of the molecule is C1CCNC1.COC(OC)N(C)C.COC(OC)N1CCCC1.Cc1cc(Cl)nc(Cl)c1C#N.Cl.N#Cc1c(/C=C/N2CCCC2)cc(Cl)nc1Cl.O=c1[nH]ccc2cc(Cl)nc(Cl)c12. The van der Waals surface area contributed by atoms with Crippen molar-refractivity contribution in [2.75, 3.05) is 81.8 Å². The molecule has 0 saturated carbocycles. The van der Waals surface area contributed by atoms with E-state index in [1.54, 1.807) is 59.6 Å². The lowest BCUT2D eigenvalue weighted by Gasteiger charge is -2.23. The molecule has 3 saturated heterocycles. The Hall–Kier alpha value is -3.07. The summed E-state index contributed by atoms with van der Waals surface area (Å²) in [5, 5.41) is 23.2. The van der Waals surface area contributed by atoms with Crippen LogP contribution in [-0.2, 0) is 18.9 Å². The van der Waals surface area contributed by atoms with Crippen molar-refractivity contribution in [3.63, 3.8) is 0 Å². The van der Waals surface area contributed by atoms with Crippen LogP contribution in [0.15, 0.2) is 41.5 Å². The molecule has 358 valence electrons. The van der Waals surface area contributed by atoms with Crippen molar-refractivity contribution >= 4 is 98.9 Å². The monoisotopic (exact) mass is 1040 g/mol. The maximum Gasteiger partial charge on any atom is 0.258 e. The van der Waals surface area contributed by atoms with E-state index in [9.17, 15) is 4.79 Å². The third-order valence-corrected chi connectivity index (χ3v) is 10.6. The molecule has 0 radical (unpaired) electrons. The topological polar surface area (TPSA) is 178 Å². The molecule has 0 atom stereocenters. The molecule has 0 bridgehead atoms. The lowest BCUT2D eigenvalue weighted by atomic mass is 10.1. The number of pyridine rings is 4. The molecular weight excluding hydrogens is 985 g/mol. The van der Waals surface area contributed by atoms with Gasteiger partial charge in [-0.15, -0.1) is 12.4 Å². The van der Waals surface area contributed by atoms with Crippen LogP contribution in [0.2, 0.25) is 30.9 Å². The van der Waals surface area contributed by atoms with Crippen LogP contribution in [0, 0.1) is 29.6 Å². The predicted molar refractivity (Wildman–Crippen MR) is 264 cm³/mol. The molecule has 0 spiro atoms. The number of nitrogens with one attached hydrogen (secondary N) is 2. The second-order valence-electron chi connectivity index (χ2n) is 14.1. The van der Waals surface area contributed by atoms with Crippen LogP contribution in [0.3, 0.4) is 0 Å². The highest BCUT2D eigenvalue weighted by Crippen LogP contribution is 2.24. The van der Waals surface area contributed by atoms with Crippen molar-refractivity contribution in [1.29, 1.82) is 10.5 Å². The van der Waals surface area contributed by atoms with Crippen LogP contribution in [0.25, 0.3) is 16.8 Å². The number of halogens is 7. The Morgan fingerprint density at radius 3 is 1.71 bits per heavy atom. The maximum absolute atomic E-state index is 11.3. The molecule has 0 aromatic carbocycles. The number of rotatable bonds is 8. The normalized spacial score (nSPS) is 14.2. The van der Waals surface area contributed by atoms with Crippen LogP contribution in [-0.4, -0.2) is 129 Å². The summed E-state index contributed by atoms with van der Waals surface area (Å²) in [6.45, 7) is 8.59. The third kappa shape index (κ3) is 21.6. The van der Waals surface area contributed by atoms with Crippen molar-refractivity contribution in [2.24, 2.45) is 0 Å². The molecule has 4 aromatic rings. The van der Waals surface area contributed by atoms with Gasteiger partial charge in [-0.05, 0) is 126 Å². The van der Waals surface area contributed by atoms with Crippen molar-refractivity contribution in [3.05, 3.63) is 100 Å². The van der Waals surface area contributed by atoms with Gasteiger partial charge in [0.25, 0.3) is 5.56 Å². The van der Waals surface area contributed by atoms with Gasteiger partial charge in [-0.3, -0.25) is 14.6 Å². The van der Waals surface area contributed by atoms with E-state index in [1.165, 1.54) is 57.8 Å². The van der Waals surface area contributed by atoms with Gasteiger partial charge >= 0.3 is 0 Å². The summed E-state index contributed by atoms with van der Waals surface area (Å²) in [5.74, 6) is 0. The summed E-state index contributed by atoms with van der Waals surface area (Å²) >= 11 is 34.3. The number of aromatic amines is 1. The van der Waals surface area contributed by atoms with Gasteiger partial charge in [0.05, 0.1) is 16.5 Å². The van der Waals surface area contributed by atoms with Crippen LogP contribution in [0.5, 0.6) is 0 Å². The minimum absolute atomic E-state index is 0. The fraction of sp³-hybridized carbons (Fsp3) is 0.488. The van der Waals surface area contributed by atoms with Crippen molar-refractivity contribution in [2.45, 2.75) is 58.3 Å². The number of H-pyrrole nitrogens is 1. The van der Waals surface area contributed by atoms with Gasteiger partial charge in [0.1, 0.15) is 43.1 Å². The first-order valence-corrected chi connectivity index (χ1v) is 22.4. The van der Waals surface area contributed by atoms with Gasteiger partial charge in [0.15, 0.2) is 0 Å². The van der Waals surface area contributed by atoms with Gasteiger partial charge in [-0.1, -0.05) is 69.6 Å². The fourth-order valence-corrected chi connectivity index (χ4v) is 7.77. The van der Waals surface area contributed by atoms with Gasteiger partial charge in [0, 0.05) is 60.8 Å². The zero-order valence-corrected chi connectivity index (χ0v) is 42.8. The average molecular weight is 1040 g/mol. The first-order valence-electron chi connectivity index (χ1n) is 20.1. The average Bonchev–Trinajstić information content (AvgIpc) is 4.09. The van der Waals surface area contributed by atoms with E-state index in [0.29, 0.717) is 37.8 Å². The van der Waals surface area contributed by atoms with E-state index in [0.717, 1.165) is 31.7 Å². The van der Waals surface area contributed by atoms with E-state index >= 15 is 0 Å². The quantitative estimate of drug-likeness (QED) is 0.126. The molecule has 0 aliphatic carbocycles. The van der Waals surface area contributed by atoms with Crippen molar-refractivity contribution < 1.29 is 18.9 Å². The Labute approximate surface area is 418 Å². The lowest BCUT2D eigenvalue weighted by molar-refractivity contribution is -0.189. The van der Waals surface area contributed by atoms with Crippen LogP contribution < -0.4 is 10.9 Å². The summed E-state index contributed by atoms with van der Waals surface area (Å²) in [5.41, 5.74) is 1.95. The molecule has 0 amide bonds. The molecule has 4 aromatic heterocycles. The van der Waals surface area contributed by atoms with E-state index in [1.807, 2.05) is 43.4 Å². The number of likely N-dealkylation sites (tertiary alicyclic amines) is 2. The second kappa shape index (κ2) is 33.4. The highest BCUT2D eigenvalue weighted by Gasteiger charge is 2.20. The van der Waals surface area contributed by atoms with Crippen LogP contribution in [0.1, 0.15) is 60.8 Å². The first-order chi connectivity index (χ1) is 30.6. The molecule has 15 nitrogen and oxygen atoms in total. The Bertz CT molecular complexity index is 2150. The Balaban J connectivity index is 0.000000402. The number of aryl methyl sites for hydroxylation is 1. The number of fused-ring (bicyclic) bond motifs is 1. The second-order valence-corrected chi connectivity index (χ2v) is 16.4. The van der Waals surface area contributed by atoms with Gasteiger partial charge in [-0.2, -0.15) is 10.5 Å². The first kappa shape index (κ1) is 59.9. The molecule has 3 aliphatic heterocycles. The predicted octanol–water partition coefficient (Wildman–Crippen LogP) is 9.70. The number of aromatic nitrogens is 4. The third-order valence-electron chi connectivity index (χ3n) is 9.25. The number of nitriles is 2. The van der Waals surface area contributed by atoms with Crippen molar-refractivity contribution in [3.8, 4) is 12.1 Å². The Morgan fingerprint density at radius 2 is 1.25 bits per heavy atom. The zero-order valence-electron chi connectivity index (χ0n) is 37.5. The largest absolute Gasteiger partial charge is 0.377 e. The minimum Gasteiger partial charge on any atom is -0.377 e. The molecular formula is C43H57Cl7N10O5. The number of methoxy groups -OCH3 is 4. The number of hydrogen-bond donors (Lipinski definition) is 2. The van der Waals surface area contributed by atoms with Gasteiger partial charge < -0.3 is 34.1 Å². The Morgan fingerprint density at radius 1 is 0.738 bits per heavy atom. The molecule has 3 fully saturated rings. The van der Waals surface area contributed by atoms with Gasteiger partial charge in [-0.25, -0.2) is 15.0 Å². The molecule has 0 unspecified atom stereocenters. The van der Waals surface area contributed by atoms with E-state index in [2.05, 4.69) is 35.1 Å². The standard InChI is InChI=1S/C12H11Cl2N3.C8H4Cl2N2O.C7H4Cl2N2.C7H15NO2.C5H13NO2.C4H9N.ClH/c13-11-7-9(10(8-15)12(14)16-11)3-6-17-4-1-2-5-17;9-5-3-4-1-2-11-8(13)6(4)7(10)12-5;1-4-2-6(8)11-7(9)5(4)3-10;1-9-7(10-2)8-5-3-4-6-8;1-6(2)5(7-3)8-4;1-2-4-5-3-1;/h3,6-7H,1-2,4-5H2;1-3H,(H,11,13);2H,1H3;7H,3-6H2,1-2H3;5H,1-4H3;5H,1-4H2;1H/b6-3+;;;;;;. The smallest absolute Gasteiger partial charge is 0.258 e. The number of hydrogen-bond acceptors (Lipinski definition) is 14. The van der Waals surface area contributed by atoms with Crippen LogP contribution in [0.4, 0.5) is 0 Å². The highest BCUT2D eigenvalue weighted by atomic mass is 35.5. The molecule has 7 rings (SSSR count). The number of nitrogens with zero attached hydrogens (tertiary/aromatic N) is 8. The number of ether oxygens (including phenoxy) is 4. The fourth-order valence-electron chi connectivity index (χ4n) is 6.18. The summed E-state index contributed by atoms with van der Waals surface area (Å²) in [4.78, 5) is 31.4. The lowest BCUT2D eigenvalue weighted by Crippen LogP contribution is -2.35. The summed E-state index contributed by atoms with van der Waals surface area (Å²) < 4.78 is 19.9.